The van der Waals surface area contributed by atoms with E-state index in [4.69, 9.17) is 0 Å². The molecule has 1 heterocycles. The number of fused-ring (bicyclic) bond motifs is 3. The lowest BCUT2D eigenvalue weighted by Crippen LogP contribution is -2.31. The molecule has 8 heteroatoms. The number of allylic oxidation sites excluding steroid dienone is 2. The molecule has 2 N–H and O–H groups in total. The van der Waals surface area contributed by atoms with Crippen LogP contribution in [-0.4, -0.2) is 8.42 Å². The number of anilines is 2. The van der Waals surface area contributed by atoms with Gasteiger partial charge in [0, 0.05) is 11.6 Å². The van der Waals surface area contributed by atoms with E-state index < -0.39 is 27.8 Å². The summed E-state index contributed by atoms with van der Waals surface area (Å²) >= 11 is 0. The highest BCUT2D eigenvalue weighted by molar-refractivity contribution is 7.92. The van der Waals surface area contributed by atoms with Gasteiger partial charge in [-0.2, -0.15) is 13.2 Å². The summed E-state index contributed by atoms with van der Waals surface area (Å²) in [6.45, 7) is 3.72. The first-order chi connectivity index (χ1) is 16.5. The number of halogens is 3. The lowest BCUT2D eigenvalue weighted by Gasteiger charge is -2.38. The molecule has 0 amide bonds. The van der Waals surface area contributed by atoms with Crippen LogP contribution in [0.5, 0.6) is 0 Å². The Morgan fingerprint density at radius 2 is 1.74 bits per heavy atom. The van der Waals surface area contributed by atoms with Crippen molar-refractivity contribution in [3.8, 4) is 0 Å². The fraction of sp³-hybridized carbons (Fsp3) is 0.259. The number of nitrogens with one attached hydrogen (secondary N) is 2. The zero-order valence-corrected chi connectivity index (χ0v) is 20.0. The minimum absolute atomic E-state index is 0.118. The third-order valence-electron chi connectivity index (χ3n) is 6.88. The predicted molar refractivity (Wildman–Crippen MR) is 131 cm³/mol. The van der Waals surface area contributed by atoms with Crippen LogP contribution in [-0.2, 0) is 16.2 Å². The van der Waals surface area contributed by atoms with E-state index in [0.29, 0.717) is 17.8 Å². The van der Waals surface area contributed by atoms with Gasteiger partial charge in [0.15, 0.2) is 0 Å². The minimum Gasteiger partial charge on any atom is -0.378 e. The molecular formula is C27H25F3N2O2S. The van der Waals surface area contributed by atoms with Crippen molar-refractivity contribution in [2.75, 3.05) is 10.0 Å². The standard InChI is InChI=1S/C27H25F3N2O2S/c1-16-10-11-17(2)25(14-16)32-35(33,34)18-12-13-24-22(15-18)19-7-5-8-20(19)26(31-24)21-6-3-4-9-23(21)27(28,29)30/h3-7,9-15,19-20,26,31-32H,8H2,1-2H3/t19-,20+,26-/m0/s1. The average Bonchev–Trinajstić information content (AvgIpc) is 3.30. The quantitative estimate of drug-likeness (QED) is 0.383. The molecule has 0 spiro atoms. The van der Waals surface area contributed by atoms with Crippen LogP contribution in [0.2, 0.25) is 0 Å². The number of hydrogen-bond acceptors (Lipinski definition) is 3. The van der Waals surface area contributed by atoms with Crippen molar-refractivity contribution in [2.45, 2.75) is 43.3 Å². The third kappa shape index (κ3) is 4.31. The molecule has 0 saturated carbocycles. The van der Waals surface area contributed by atoms with Crippen molar-refractivity contribution in [1.29, 1.82) is 0 Å². The first kappa shape index (κ1) is 23.5. The lowest BCUT2D eigenvalue weighted by molar-refractivity contribution is -0.138. The topological polar surface area (TPSA) is 58.2 Å². The fourth-order valence-corrected chi connectivity index (χ4v) is 6.28. The van der Waals surface area contributed by atoms with Crippen LogP contribution in [0, 0.1) is 19.8 Å². The van der Waals surface area contributed by atoms with Crippen molar-refractivity contribution >= 4 is 21.4 Å². The van der Waals surface area contributed by atoms with Crippen molar-refractivity contribution in [3.63, 3.8) is 0 Å². The van der Waals surface area contributed by atoms with Gasteiger partial charge in [0.1, 0.15) is 0 Å². The van der Waals surface area contributed by atoms with E-state index in [1.165, 1.54) is 18.2 Å². The Labute approximate surface area is 202 Å². The molecule has 0 saturated heterocycles. The van der Waals surface area contributed by atoms with Crippen molar-refractivity contribution in [1.82, 2.24) is 0 Å². The molecule has 3 aromatic carbocycles. The smallest absolute Gasteiger partial charge is 0.378 e. The highest BCUT2D eigenvalue weighted by Crippen LogP contribution is 2.51. The maximum absolute atomic E-state index is 13.7. The molecule has 1 aliphatic heterocycles. The number of alkyl halides is 3. The largest absolute Gasteiger partial charge is 0.416 e. The van der Waals surface area contributed by atoms with Gasteiger partial charge in [0.2, 0.25) is 0 Å². The van der Waals surface area contributed by atoms with Gasteiger partial charge in [-0.3, -0.25) is 4.72 Å². The summed E-state index contributed by atoms with van der Waals surface area (Å²) in [7, 11) is -3.86. The van der Waals surface area contributed by atoms with Gasteiger partial charge < -0.3 is 5.32 Å². The van der Waals surface area contributed by atoms with E-state index in [-0.39, 0.29) is 22.3 Å². The summed E-state index contributed by atoms with van der Waals surface area (Å²) in [4.78, 5) is 0.118. The number of benzene rings is 3. The molecule has 0 fully saturated rings. The summed E-state index contributed by atoms with van der Waals surface area (Å²) in [6, 6.07) is 15.4. The minimum atomic E-state index is -4.46. The SMILES string of the molecule is Cc1ccc(C)c(NS(=O)(=O)c2ccc3c(c2)[C@H]2C=CC[C@H]2[C@@H](c2ccccc2C(F)(F)F)N3)c1. The normalized spacial score (nSPS) is 21.2. The molecule has 0 unspecified atom stereocenters. The van der Waals surface area contributed by atoms with E-state index in [1.54, 1.807) is 24.3 Å². The van der Waals surface area contributed by atoms with E-state index in [2.05, 4.69) is 10.0 Å². The number of sulfonamides is 1. The molecule has 5 rings (SSSR count). The van der Waals surface area contributed by atoms with Crippen LogP contribution in [0.25, 0.3) is 0 Å². The summed E-state index contributed by atoms with van der Waals surface area (Å²) in [5.74, 6) is -0.343. The van der Waals surface area contributed by atoms with Gasteiger partial charge in [0.25, 0.3) is 10.0 Å². The summed E-state index contributed by atoms with van der Waals surface area (Å²) in [5.41, 5.74) is 3.24. The molecule has 182 valence electrons. The number of hydrogen-bond donors (Lipinski definition) is 2. The number of aryl methyl sites for hydroxylation is 2. The van der Waals surface area contributed by atoms with Gasteiger partial charge in [-0.15, -0.1) is 0 Å². The molecule has 0 aromatic heterocycles. The molecular weight excluding hydrogens is 473 g/mol. The van der Waals surface area contributed by atoms with Gasteiger partial charge in [0.05, 0.1) is 22.2 Å². The predicted octanol–water partition coefficient (Wildman–Crippen LogP) is 6.95. The van der Waals surface area contributed by atoms with E-state index >= 15 is 0 Å². The molecule has 0 radical (unpaired) electrons. The lowest BCUT2D eigenvalue weighted by atomic mass is 9.76. The van der Waals surface area contributed by atoms with E-state index in [1.807, 2.05) is 38.1 Å². The average molecular weight is 499 g/mol. The summed E-state index contributed by atoms with van der Waals surface area (Å²) in [6.07, 6.45) is 0.0796. The van der Waals surface area contributed by atoms with Crippen LogP contribution >= 0.6 is 0 Å². The highest BCUT2D eigenvalue weighted by Gasteiger charge is 2.42. The number of rotatable bonds is 4. The maximum Gasteiger partial charge on any atom is 0.416 e. The molecule has 3 aromatic rings. The van der Waals surface area contributed by atoms with Crippen LogP contribution in [0.4, 0.5) is 24.5 Å². The molecule has 2 aliphatic rings. The summed E-state index contributed by atoms with van der Waals surface area (Å²) in [5, 5.41) is 3.29. The highest BCUT2D eigenvalue weighted by atomic mass is 32.2. The van der Waals surface area contributed by atoms with Crippen molar-refractivity contribution in [2.24, 2.45) is 5.92 Å². The van der Waals surface area contributed by atoms with Gasteiger partial charge in [-0.1, -0.05) is 42.5 Å². The molecule has 0 bridgehead atoms. The van der Waals surface area contributed by atoms with Crippen molar-refractivity contribution < 1.29 is 21.6 Å². The Hall–Kier alpha value is -3.26. The van der Waals surface area contributed by atoms with Crippen LogP contribution in [0.3, 0.4) is 0 Å². The van der Waals surface area contributed by atoms with E-state index in [9.17, 15) is 21.6 Å². The van der Waals surface area contributed by atoms with Crippen LogP contribution < -0.4 is 10.0 Å². The summed E-state index contributed by atoms with van der Waals surface area (Å²) < 4.78 is 70.3. The van der Waals surface area contributed by atoms with Gasteiger partial charge in [-0.25, -0.2) is 8.42 Å². The Morgan fingerprint density at radius 3 is 2.51 bits per heavy atom. The first-order valence-electron chi connectivity index (χ1n) is 11.4. The Morgan fingerprint density at radius 1 is 0.971 bits per heavy atom. The third-order valence-corrected chi connectivity index (χ3v) is 8.25. The molecule has 1 aliphatic carbocycles. The monoisotopic (exact) mass is 498 g/mol. The second-order valence-corrected chi connectivity index (χ2v) is 10.9. The Kier molecular flexibility index (Phi) is 5.67. The second-order valence-electron chi connectivity index (χ2n) is 9.23. The molecule has 3 atom stereocenters. The molecule has 4 nitrogen and oxygen atoms in total. The Bertz CT molecular complexity index is 1430. The van der Waals surface area contributed by atoms with Gasteiger partial charge in [-0.05, 0) is 78.8 Å². The maximum atomic E-state index is 13.7. The van der Waals surface area contributed by atoms with Crippen molar-refractivity contribution in [3.05, 3.63) is 101 Å². The van der Waals surface area contributed by atoms with Crippen LogP contribution in [0.1, 0.15) is 46.2 Å². The zero-order valence-electron chi connectivity index (χ0n) is 19.2. The second kappa shape index (κ2) is 8.45. The van der Waals surface area contributed by atoms with E-state index in [0.717, 1.165) is 22.8 Å². The fourth-order valence-electron chi connectivity index (χ4n) is 5.12. The zero-order chi connectivity index (χ0) is 25.0. The Balaban J connectivity index is 1.52. The first-order valence-corrected chi connectivity index (χ1v) is 12.9. The van der Waals surface area contributed by atoms with Crippen LogP contribution in [0.15, 0.2) is 77.7 Å². The molecule has 35 heavy (non-hydrogen) atoms. The van der Waals surface area contributed by atoms with Gasteiger partial charge >= 0.3 is 6.18 Å².